The van der Waals surface area contributed by atoms with E-state index in [4.69, 9.17) is 16.1 Å². The van der Waals surface area contributed by atoms with Crippen LogP contribution in [0.1, 0.15) is 41.9 Å². The average molecular weight is 257 g/mol. The molecule has 1 aliphatic carbocycles. The predicted octanol–water partition coefficient (Wildman–Crippen LogP) is 2.51. The van der Waals surface area contributed by atoms with Crippen molar-refractivity contribution >= 4 is 17.5 Å². The van der Waals surface area contributed by atoms with Crippen LogP contribution >= 0.6 is 11.6 Å². The predicted molar refractivity (Wildman–Crippen MR) is 65.2 cm³/mol. The molecule has 0 aromatic carbocycles. The van der Waals surface area contributed by atoms with Crippen molar-refractivity contribution in [3.8, 4) is 0 Å². The molecule has 94 valence electrons. The van der Waals surface area contributed by atoms with Crippen LogP contribution in [0.3, 0.4) is 0 Å². The topological polar surface area (TPSA) is 55.1 Å². The number of halogens is 1. The number of amides is 1. The van der Waals surface area contributed by atoms with E-state index in [9.17, 15) is 4.79 Å². The van der Waals surface area contributed by atoms with E-state index in [0.29, 0.717) is 17.5 Å². The van der Waals surface area contributed by atoms with Crippen molar-refractivity contribution < 1.29 is 9.32 Å². The van der Waals surface area contributed by atoms with Gasteiger partial charge in [-0.25, -0.2) is 0 Å². The molecule has 2 unspecified atom stereocenters. The average Bonchev–Trinajstić information content (AvgIpc) is 2.77. The number of aromatic nitrogens is 1. The first-order valence-corrected chi connectivity index (χ1v) is 6.54. The second-order valence-corrected chi connectivity index (χ2v) is 4.92. The van der Waals surface area contributed by atoms with E-state index in [0.717, 1.165) is 19.3 Å². The molecule has 5 heteroatoms. The molecule has 0 bridgehead atoms. The molecular weight excluding hydrogens is 240 g/mol. The first-order valence-electron chi connectivity index (χ1n) is 6.01. The highest BCUT2D eigenvalue weighted by molar-refractivity contribution is 6.18. The van der Waals surface area contributed by atoms with Crippen LogP contribution < -0.4 is 5.32 Å². The second kappa shape index (κ2) is 5.54. The molecule has 0 radical (unpaired) electrons. The van der Waals surface area contributed by atoms with Crippen LogP contribution in [0.4, 0.5) is 0 Å². The fraction of sp³-hybridized carbons (Fsp3) is 0.667. The van der Waals surface area contributed by atoms with E-state index in [1.807, 2.05) is 0 Å². The van der Waals surface area contributed by atoms with Gasteiger partial charge in [0, 0.05) is 18.0 Å². The number of carbonyl (C=O) groups excluding carboxylic acids is 1. The minimum atomic E-state index is -0.187. The van der Waals surface area contributed by atoms with Gasteiger partial charge in [0.1, 0.15) is 0 Å². The standard InChI is InChI=1S/C12H17ClN2O2/c1-8-6-11(17-15-8)12(16)14-10-5-3-2-4-9(10)7-13/h6,9-10H,2-5,7H2,1H3,(H,14,16). The highest BCUT2D eigenvalue weighted by atomic mass is 35.5. The molecule has 0 saturated heterocycles. The van der Waals surface area contributed by atoms with Crippen molar-refractivity contribution in [3.63, 3.8) is 0 Å². The van der Waals surface area contributed by atoms with Crippen molar-refractivity contribution in [2.45, 2.75) is 38.6 Å². The first kappa shape index (κ1) is 12.4. The number of nitrogens with one attached hydrogen (secondary N) is 1. The van der Waals surface area contributed by atoms with Crippen molar-refractivity contribution in [2.24, 2.45) is 5.92 Å². The van der Waals surface area contributed by atoms with Crippen molar-refractivity contribution in [2.75, 3.05) is 5.88 Å². The van der Waals surface area contributed by atoms with Gasteiger partial charge in [0.15, 0.2) is 0 Å². The third kappa shape index (κ3) is 3.00. The largest absolute Gasteiger partial charge is 0.351 e. The zero-order valence-electron chi connectivity index (χ0n) is 9.91. The van der Waals surface area contributed by atoms with Gasteiger partial charge in [0.05, 0.1) is 5.69 Å². The molecular formula is C12H17ClN2O2. The van der Waals surface area contributed by atoms with Gasteiger partial charge in [-0.15, -0.1) is 11.6 Å². The van der Waals surface area contributed by atoms with Crippen LogP contribution in [0, 0.1) is 12.8 Å². The maximum atomic E-state index is 11.9. The van der Waals surface area contributed by atoms with E-state index < -0.39 is 0 Å². The summed E-state index contributed by atoms with van der Waals surface area (Å²) in [4.78, 5) is 11.9. The number of carbonyl (C=O) groups is 1. The lowest BCUT2D eigenvalue weighted by Crippen LogP contribution is -2.42. The minimum Gasteiger partial charge on any atom is -0.351 e. The summed E-state index contributed by atoms with van der Waals surface area (Å²) in [6.07, 6.45) is 4.43. The molecule has 1 amide bonds. The summed E-state index contributed by atoms with van der Waals surface area (Å²) >= 11 is 5.92. The molecule has 2 rings (SSSR count). The lowest BCUT2D eigenvalue weighted by atomic mass is 9.86. The molecule has 1 saturated carbocycles. The lowest BCUT2D eigenvalue weighted by Gasteiger charge is -2.30. The Bertz CT molecular complexity index is 392. The Balaban J connectivity index is 1.97. The number of rotatable bonds is 3. The fourth-order valence-corrected chi connectivity index (χ4v) is 2.66. The highest BCUT2D eigenvalue weighted by Crippen LogP contribution is 2.25. The number of alkyl halides is 1. The summed E-state index contributed by atoms with van der Waals surface area (Å²) in [6, 6.07) is 1.81. The molecule has 1 fully saturated rings. The maximum absolute atomic E-state index is 11.9. The van der Waals surface area contributed by atoms with Crippen LogP contribution in [0.5, 0.6) is 0 Å². The molecule has 0 spiro atoms. The molecule has 1 aromatic rings. The van der Waals surface area contributed by atoms with Gasteiger partial charge in [-0.3, -0.25) is 4.79 Å². The Hall–Kier alpha value is -1.03. The van der Waals surface area contributed by atoms with E-state index in [-0.39, 0.29) is 17.7 Å². The molecule has 1 aromatic heterocycles. The normalized spacial score (nSPS) is 24.6. The monoisotopic (exact) mass is 256 g/mol. The Labute approximate surface area is 106 Å². The summed E-state index contributed by atoms with van der Waals surface area (Å²) in [5.41, 5.74) is 0.715. The Morgan fingerprint density at radius 1 is 1.59 bits per heavy atom. The zero-order valence-corrected chi connectivity index (χ0v) is 10.7. The maximum Gasteiger partial charge on any atom is 0.290 e. The minimum absolute atomic E-state index is 0.166. The smallest absolute Gasteiger partial charge is 0.290 e. The molecule has 1 aliphatic rings. The SMILES string of the molecule is Cc1cc(C(=O)NC2CCCCC2CCl)on1. The van der Waals surface area contributed by atoms with Crippen LogP contribution in [-0.4, -0.2) is 23.0 Å². The Kier molecular flexibility index (Phi) is 4.05. The van der Waals surface area contributed by atoms with Crippen LogP contribution in [0.15, 0.2) is 10.6 Å². The van der Waals surface area contributed by atoms with Gasteiger partial charge in [0.2, 0.25) is 5.76 Å². The van der Waals surface area contributed by atoms with Gasteiger partial charge >= 0.3 is 0 Å². The lowest BCUT2D eigenvalue weighted by molar-refractivity contribution is 0.0873. The van der Waals surface area contributed by atoms with Gasteiger partial charge in [-0.05, 0) is 25.7 Å². The van der Waals surface area contributed by atoms with E-state index in [1.165, 1.54) is 6.42 Å². The third-order valence-corrected chi connectivity index (χ3v) is 3.67. The summed E-state index contributed by atoms with van der Waals surface area (Å²) in [5, 5.41) is 6.70. The van der Waals surface area contributed by atoms with Gasteiger partial charge in [-0.1, -0.05) is 18.0 Å². The number of aryl methyl sites for hydroxylation is 1. The van der Waals surface area contributed by atoms with Crippen LogP contribution in [0.2, 0.25) is 0 Å². The van der Waals surface area contributed by atoms with Gasteiger partial charge in [0.25, 0.3) is 5.91 Å². The number of hydrogen-bond donors (Lipinski definition) is 1. The summed E-state index contributed by atoms with van der Waals surface area (Å²) < 4.78 is 4.94. The fourth-order valence-electron chi connectivity index (χ4n) is 2.29. The first-order chi connectivity index (χ1) is 8.20. The molecule has 1 heterocycles. The van der Waals surface area contributed by atoms with Gasteiger partial charge < -0.3 is 9.84 Å². The Morgan fingerprint density at radius 2 is 2.35 bits per heavy atom. The second-order valence-electron chi connectivity index (χ2n) is 4.61. The van der Waals surface area contributed by atoms with Gasteiger partial charge in [-0.2, -0.15) is 0 Å². The quantitative estimate of drug-likeness (QED) is 0.846. The zero-order chi connectivity index (χ0) is 12.3. The number of hydrogen-bond acceptors (Lipinski definition) is 3. The highest BCUT2D eigenvalue weighted by Gasteiger charge is 2.26. The summed E-state index contributed by atoms with van der Waals surface area (Å²) in [6.45, 7) is 1.79. The summed E-state index contributed by atoms with van der Waals surface area (Å²) in [5.74, 6) is 1.06. The van der Waals surface area contributed by atoms with Crippen LogP contribution in [0.25, 0.3) is 0 Å². The van der Waals surface area contributed by atoms with Crippen molar-refractivity contribution in [1.29, 1.82) is 0 Å². The number of nitrogens with zero attached hydrogens (tertiary/aromatic N) is 1. The third-order valence-electron chi connectivity index (χ3n) is 3.28. The van der Waals surface area contributed by atoms with Crippen molar-refractivity contribution in [1.82, 2.24) is 10.5 Å². The molecule has 4 nitrogen and oxygen atoms in total. The summed E-state index contributed by atoms with van der Waals surface area (Å²) in [7, 11) is 0. The van der Waals surface area contributed by atoms with E-state index >= 15 is 0 Å². The van der Waals surface area contributed by atoms with E-state index in [2.05, 4.69) is 10.5 Å². The van der Waals surface area contributed by atoms with E-state index in [1.54, 1.807) is 13.0 Å². The molecule has 1 N–H and O–H groups in total. The molecule has 17 heavy (non-hydrogen) atoms. The van der Waals surface area contributed by atoms with Crippen molar-refractivity contribution in [3.05, 3.63) is 17.5 Å². The molecule has 0 aliphatic heterocycles. The molecule has 2 atom stereocenters. The van der Waals surface area contributed by atoms with Crippen LogP contribution in [-0.2, 0) is 0 Å². The Morgan fingerprint density at radius 3 is 3.00 bits per heavy atom.